The zero-order chi connectivity index (χ0) is 13.5. The van der Waals surface area contributed by atoms with Gasteiger partial charge in [-0.1, -0.05) is 44.2 Å². The van der Waals surface area contributed by atoms with Crippen molar-refractivity contribution in [2.24, 2.45) is 17.4 Å². The molecule has 0 aliphatic rings. The van der Waals surface area contributed by atoms with Crippen molar-refractivity contribution in [1.29, 1.82) is 0 Å². The number of amides is 1. The standard InChI is InChI=1S/C14H23N3O/c1-11(2)9-17(10-14(16)18)13(8-15)12-6-4-3-5-7-12/h3-7,11,13H,8-10,15H2,1-2H3,(H2,16,18). The first-order valence-corrected chi connectivity index (χ1v) is 6.32. The SMILES string of the molecule is CC(C)CN(CC(N)=O)C(CN)c1ccccc1. The van der Waals surface area contributed by atoms with E-state index < -0.39 is 0 Å². The van der Waals surface area contributed by atoms with Gasteiger partial charge in [-0.3, -0.25) is 9.69 Å². The van der Waals surface area contributed by atoms with Gasteiger partial charge in [0.05, 0.1) is 6.54 Å². The molecule has 1 rings (SSSR count). The van der Waals surface area contributed by atoms with Crippen LogP contribution >= 0.6 is 0 Å². The highest BCUT2D eigenvalue weighted by molar-refractivity contribution is 5.76. The zero-order valence-electron chi connectivity index (χ0n) is 11.2. The number of carbonyl (C=O) groups excluding carboxylic acids is 1. The van der Waals surface area contributed by atoms with Crippen molar-refractivity contribution < 1.29 is 4.79 Å². The Labute approximate surface area is 109 Å². The summed E-state index contributed by atoms with van der Waals surface area (Å²) in [7, 11) is 0. The molecule has 0 saturated carbocycles. The molecule has 4 heteroatoms. The maximum atomic E-state index is 11.2. The van der Waals surface area contributed by atoms with Gasteiger partial charge in [0.1, 0.15) is 0 Å². The zero-order valence-corrected chi connectivity index (χ0v) is 11.2. The quantitative estimate of drug-likeness (QED) is 0.761. The van der Waals surface area contributed by atoms with Gasteiger partial charge in [0.2, 0.25) is 5.91 Å². The summed E-state index contributed by atoms with van der Waals surface area (Å²) in [6, 6.07) is 10.0. The molecular formula is C14H23N3O. The van der Waals surface area contributed by atoms with Crippen molar-refractivity contribution in [2.75, 3.05) is 19.6 Å². The fourth-order valence-corrected chi connectivity index (χ4v) is 2.14. The van der Waals surface area contributed by atoms with Crippen molar-refractivity contribution in [3.8, 4) is 0 Å². The molecule has 0 fully saturated rings. The van der Waals surface area contributed by atoms with Crippen LogP contribution in [0.3, 0.4) is 0 Å². The first-order chi connectivity index (χ1) is 8.54. The largest absolute Gasteiger partial charge is 0.369 e. The van der Waals surface area contributed by atoms with E-state index in [1.54, 1.807) is 0 Å². The summed E-state index contributed by atoms with van der Waals surface area (Å²) in [6.45, 7) is 5.76. The first-order valence-electron chi connectivity index (χ1n) is 6.32. The summed E-state index contributed by atoms with van der Waals surface area (Å²) in [5.74, 6) is 0.146. The maximum absolute atomic E-state index is 11.2. The summed E-state index contributed by atoms with van der Waals surface area (Å²) < 4.78 is 0. The van der Waals surface area contributed by atoms with Gasteiger partial charge in [-0.15, -0.1) is 0 Å². The molecule has 1 atom stereocenters. The number of nitrogens with zero attached hydrogens (tertiary/aromatic N) is 1. The van der Waals surface area contributed by atoms with E-state index >= 15 is 0 Å². The van der Waals surface area contributed by atoms with Gasteiger partial charge >= 0.3 is 0 Å². The lowest BCUT2D eigenvalue weighted by atomic mass is 10.0. The van der Waals surface area contributed by atoms with Crippen molar-refractivity contribution in [3.63, 3.8) is 0 Å². The number of hydrogen-bond acceptors (Lipinski definition) is 3. The minimum atomic E-state index is -0.315. The van der Waals surface area contributed by atoms with Crippen molar-refractivity contribution in [2.45, 2.75) is 19.9 Å². The van der Waals surface area contributed by atoms with Crippen LogP contribution in [0.1, 0.15) is 25.5 Å². The summed E-state index contributed by atoms with van der Waals surface area (Å²) in [4.78, 5) is 13.2. The van der Waals surface area contributed by atoms with Gasteiger partial charge < -0.3 is 11.5 Å². The summed E-state index contributed by atoms with van der Waals surface area (Å²) in [5.41, 5.74) is 12.3. The molecule has 0 heterocycles. The van der Waals surface area contributed by atoms with Gasteiger partial charge in [-0.05, 0) is 11.5 Å². The molecule has 1 amide bonds. The second kappa shape index (κ2) is 7.13. The fourth-order valence-electron chi connectivity index (χ4n) is 2.14. The molecule has 0 spiro atoms. The molecule has 0 aliphatic carbocycles. The minimum absolute atomic E-state index is 0.0427. The van der Waals surface area contributed by atoms with E-state index in [2.05, 4.69) is 18.7 Å². The monoisotopic (exact) mass is 249 g/mol. The van der Waals surface area contributed by atoms with Crippen LogP contribution < -0.4 is 11.5 Å². The third kappa shape index (κ3) is 4.47. The molecule has 4 N–H and O–H groups in total. The van der Waals surface area contributed by atoms with Crippen LogP contribution in [0, 0.1) is 5.92 Å². The number of benzene rings is 1. The Bertz CT molecular complexity index is 365. The van der Waals surface area contributed by atoms with E-state index in [1.807, 2.05) is 30.3 Å². The van der Waals surface area contributed by atoms with E-state index in [0.29, 0.717) is 12.5 Å². The third-order valence-electron chi connectivity index (χ3n) is 2.81. The predicted octanol–water partition coefficient (Wildman–Crippen LogP) is 1.13. The Morgan fingerprint density at radius 2 is 1.89 bits per heavy atom. The van der Waals surface area contributed by atoms with Crippen LogP contribution in [0.25, 0.3) is 0 Å². The third-order valence-corrected chi connectivity index (χ3v) is 2.81. The molecule has 1 unspecified atom stereocenters. The van der Waals surface area contributed by atoms with Crippen molar-refractivity contribution in [1.82, 2.24) is 4.90 Å². The molecule has 0 aromatic heterocycles. The van der Waals surface area contributed by atoms with Crippen LogP contribution in [0.4, 0.5) is 0 Å². The van der Waals surface area contributed by atoms with E-state index in [9.17, 15) is 4.79 Å². The van der Waals surface area contributed by atoms with Crippen LogP contribution in [-0.4, -0.2) is 30.4 Å². The van der Waals surface area contributed by atoms with Crippen LogP contribution in [0.2, 0.25) is 0 Å². The van der Waals surface area contributed by atoms with E-state index in [-0.39, 0.29) is 18.5 Å². The average Bonchev–Trinajstić information content (AvgIpc) is 2.29. The fraction of sp³-hybridized carbons (Fsp3) is 0.500. The second-order valence-electron chi connectivity index (χ2n) is 4.95. The molecule has 1 aromatic rings. The maximum Gasteiger partial charge on any atom is 0.231 e. The highest BCUT2D eigenvalue weighted by Gasteiger charge is 2.21. The number of carbonyl (C=O) groups is 1. The Balaban J connectivity index is 2.89. The summed E-state index contributed by atoms with van der Waals surface area (Å²) in [6.07, 6.45) is 0. The number of hydrogen-bond donors (Lipinski definition) is 2. The highest BCUT2D eigenvalue weighted by atomic mass is 16.1. The van der Waals surface area contributed by atoms with Gasteiger partial charge in [0.25, 0.3) is 0 Å². The smallest absolute Gasteiger partial charge is 0.231 e. The van der Waals surface area contributed by atoms with Crippen molar-refractivity contribution >= 4 is 5.91 Å². The summed E-state index contributed by atoms with van der Waals surface area (Å²) in [5, 5.41) is 0. The van der Waals surface area contributed by atoms with Crippen LogP contribution in [0.15, 0.2) is 30.3 Å². The lowest BCUT2D eigenvalue weighted by Crippen LogP contribution is -2.41. The topological polar surface area (TPSA) is 72.3 Å². The number of primary amides is 1. The number of rotatable bonds is 7. The lowest BCUT2D eigenvalue weighted by Gasteiger charge is -2.31. The summed E-state index contributed by atoms with van der Waals surface area (Å²) >= 11 is 0. The lowest BCUT2D eigenvalue weighted by molar-refractivity contribution is -0.119. The number of nitrogens with two attached hydrogens (primary N) is 2. The molecule has 0 bridgehead atoms. The highest BCUT2D eigenvalue weighted by Crippen LogP contribution is 2.20. The molecule has 0 radical (unpaired) electrons. The Kier molecular flexibility index (Phi) is 5.82. The Morgan fingerprint density at radius 3 is 2.33 bits per heavy atom. The molecule has 0 saturated heterocycles. The van der Waals surface area contributed by atoms with Gasteiger partial charge in [-0.25, -0.2) is 0 Å². The predicted molar refractivity (Wildman–Crippen MR) is 73.8 cm³/mol. The molecule has 4 nitrogen and oxygen atoms in total. The molecule has 0 aliphatic heterocycles. The van der Waals surface area contributed by atoms with Crippen LogP contribution in [-0.2, 0) is 4.79 Å². The molecule has 1 aromatic carbocycles. The normalized spacial score (nSPS) is 12.9. The first kappa shape index (κ1) is 14.7. The van der Waals surface area contributed by atoms with E-state index in [4.69, 9.17) is 11.5 Å². The van der Waals surface area contributed by atoms with Gasteiger partial charge in [0.15, 0.2) is 0 Å². The van der Waals surface area contributed by atoms with E-state index in [1.165, 1.54) is 0 Å². The van der Waals surface area contributed by atoms with E-state index in [0.717, 1.165) is 12.1 Å². The molecule has 18 heavy (non-hydrogen) atoms. The Hall–Kier alpha value is -1.39. The van der Waals surface area contributed by atoms with Gasteiger partial charge in [0, 0.05) is 19.1 Å². The van der Waals surface area contributed by atoms with Crippen molar-refractivity contribution in [3.05, 3.63) is 35.9 Å². The van der Waals surface area contributed by atoms with Crippen LogP contribution in [0.5, 0.6) is 0 Å². The second-order valence-corrected chi connectivity index (χ2v) is 4.95. The molecular weight excluding hydrogens is 226 g/mol. The van der Waals surface area contributed by atoms with Gasteiger partial charge in [-0.2, -0.15) is 0 Å². The minimum Gasteiger partial charge on any atom is -0.369 e. The Morgan fingerprint density at radius 1 is 1.28 bits per heavy atom. The average molecular weight is 249 g/mol. The molecule has 100 valence electrons.